The Kier molecular flexibility index (Phi) is 10.5. The minimum absolute atomic E-state index is 0. The van der Waals surface area contributed by atoms with Crippen molar-refractivity contribution in [1.29, 1.82) is 0 Å². The molecule has 0 unspecified atom stereocenters. The average Bonchev–Trinajstić information content (AvgIpc) is 2.35. The van der Waals surface area contributed by atoms with Gasteiger partial charge in [0.15, 0.2) is 0 Å². The van der Waals surface area contributed by atoms with Gasteiger partial charge in [-0.3, -0.25) is 0 Å². The first-order chi connectivity index (χ1) is 9.08. The predicted octanol–water partition coefficient (Wildman–Crippen LogP) is -0.321. The van der Waals surface area contributed by atoms with Gasteiger partial charge < -0.3 is 24.8 Å². The standard InChI is InChI=1S/2C6H4Cl2O.2ClH.Ti/c7-4-1-2-6(9)5(8)3-4;7-4-2-1-3-5(8)6(4)9;;;/h2*1-3,9H;2*1H;/q;;;;+4/p-4. The second-order valence-electron chi connectivity index (χ2n) is 3.41. The summed E-state index contributed by atoms with van der Waals surface area (Å²) in [6, 6.07) is 10.1. The number of hydrogen-bond acceptors (Lipinski definition) is 2. The van der Waals surface area contributed by atoms with Crippen LogP contribution >= 0.6 is 46.4 Å². The Morgan fingerprint density at radius 2 is 1.38 bits per heavy atom. The minimum atomic E-state index is -1.23. The van der Waals surface area contributed by atoms with Crippen molar-refractivity contribution in [3.05, 3.63) is 56.5 Å². The molecule has 0 N–H and O–H groups in total. The van der Waals surface area contributed by atoms with Gasteiger partial charge in [0.1, 0.15) is 0 Å². The number of para-hydroxylation sites is 1. The molecule has 2 aromatic carbocycles. The monoisotopic (exact) mass is 440 g/mol. The van der Waals surface area contributed by atoms with E-state index in [9.17, 15) is 0 Å². The molecular weight excluding hydrogens is 437 g/mol. The molecule has 9 heteroatoms. The largest absolute Gasteiger partial charge is 1.00 e. The van der Waals surface area contributed by atoms with E-state index in [1.807, 2.05) is 0 Å². The van der Waals surface area contributed by atoms with Crippen molar-refractivity contribution >= 4 is 46.4 Å². The van der Waals surface area contributed by atoms with Crippen molar-refractivity contribution in [1.82, 2.24) is 0 Å². The zero-order chi connectivity index (χ0) is 13.8. The Balaban J connectivity index is 0.00000200. The van der Waals surface area contributed by atoms with Crippen molar-refractivity contribution in [3.8, 4) is 11.5 Å². The summed E-state index contributed by atoms with van der Waals surface area (Å²) in [5, 5.41) is 1.88. The quantitative estimate of drug-likeness (QED) is 0.604. The molecule has 2 rings (SSSR count). The van der Waals surface area contributed by atoms with E-state index in [1.165, 1.54) is 0 Å². The smallest absolute Gasteiger partial charge is 1.00 e. The van der Waals surface area contributed by atoms with Crippen LogP contribution in [-0.2, 0) is 19.9 Å². The van der Waals surface area contributed by atoms with Gasteiger partial charge in [-0.2, -0.15) is 0 Å². The third-order valence-corrected chi connectivity index (χ3v) is 4.16. The van der Waals surface area contributed by atoms with E-state index in [2.05, 4.69) is 0 Å². The van der Waals surface area contributed by atoms with Crippen LogP contribution < -0.4 is 31.5 Å². The first-order valence-corrected chi connectivity index (χ1v) is 7.84. The normalized spacial score (nSPS) is 8.95. The molecule has 0 radical (unpaired) electrons. The fraction of sp³-hybridized carbons (Fsp3) is 0. The molecule has 2 nitrogen and oxygen atoms in total. The molecule has 0 fully saturated rings. The van der Waals surface area contributed by atoms with E-state index in [0.717, 1.165) is 0 Å². The SMILES string of the molecule is Clc1ccc([O][Ti+2][O]c2c(Cl)cccc2Cl)c(Cl)c1.[Cl-].[Cl-]. The first-order valence-electron chi connectivity index (χ1n) is 5.05. The van der Waals surface area contributed by atoms with Gasteiger partial charge in [-0.25, -0.2) is 0 Å². The first kappa shape index (κ1) is 21.5. The van der Waals surface area contributed by atoms with Crippen molar-refractivity contribution in [2.24, 2.45) is 0 Å². The second kappa shape index (κ2) is 10.3. The molecule has 0 aromatic heterocycles. The van der Waals surface area contributed by atoms with Gasteiger partial charge in [-0.15, -0.1) is 0 Å². The van der Waals surface area contributed by atoms with Crippen LogP contribution in [-0.4, -0.2) is 0 Å². The van der Waals surface area contributed by atoms with Crippen LogP contribution in [0, 0.1) is 0 Å². The van der Waals surface area contributed by atoms with Crippen LogP contribution in [0.3, 0.4) is 0 Å². The van der Waals surface area contributed by atoms with E-state index >= 15 is 0 Å². The number of benzene rings is 2. The maximum atomic E-state index is 5.98. The summed E-state index contributed by atoms with van der Waals surface area (Å²) in [6.45, 7) is 0. The Bertz CT molecular complexity index is 576. The molecule has 0 aliphatic rings. The molecule has 0 heterocycles. The number of hydrogen-bond donors (Lipinski definition) is 0. The van der Waals surface area contributed by atoms with Crippen molar-refractivity contribution in [3.63, 3.8) is 0 Å². The fourth-order valence-electron chi connectivity index (χ4n) is 1.25. The Morgan fingerprint density at radius 1 is 0.762 bits per heavy atom. The predicted molar refractivity (Wildman–Crippen MR) is 74.2 cm³/mol. The Hall–Kier alpha value is 0.494. The molecule has 0 spiro atoms. The van der Waals surface area contributed by atoms with Gasteiger partial charge in [0.05, 0.1) is 0 Å². The zero-order valence-electron chi connectivity index (χ0n) is 10.0. The van der Waals surface area contributed by atoms with E-state index in [4.69, 9.17) is 53.0 Å². The van der Waals surface area contributed by atoms with Gasteiger partial charge in [-0.05, 0) is 0 Å². The molecule has 0 aliphatic carbocycles. The summed E-state index contributed by atoms with van der Waals surface area (Å²) in [5.74, 6) is 0.949. The van der Waals surface area contributed by atoms with E-state index in [0.29, 0.717) is 31.6 Å². The van der Waals surface area contributed by atoms with Crippen molar-refractivity contribution in [2.45, 2.75) is 0 Å². The van der Waals surface area contributed by atoms with Crippen molar-refractivity contribution in [2.75, 3.05) is 0 Å². The van der Waals surface area contributed by atoms with Crippen LogP contribution in [0.5, 0.6) is 11.5 Å². The van der Waals surface area contributed by atoms with Crippen LogP contribution in [0.4, 0.5) is 0 Å². The van der Waals surface area contributed by atoms with Crippen LogP contribution in [0.1, 0.15) is 0 Å². The second-order valence-corrected chi connectivity index (χ2v) is 5.97. The maximum absolute atomic E-state index is 5.98. The number of rotatable bonds is 4. The summed E-state index contributed by atoms with van der Waals surface area (Å²) < 4.78 is 11.0. The topological polar surface area (TPSA) is 18.5 Å². The molecule has 21 heavy (non-hydrogen) atoms. The number of halogens is 6. The third-order valence-electron chi connectivity index (χ3n) is 2.11. The van der Waals surface area contributed by atoms with Crippen LogP contribution in [0.2, 0.25) is 20.1 Å². The Morgan fingerprint density at radius 3 is 1.95 bits per heavy atom. The summed E-state index contributed by atoms with van der Waals surface area (Å²) in [7, 11) is 0. The molecule has 0 atom stereocenters. The van der Waals surface area contributed by atoms with E-state index < -0.39 is 19.9 Å². The van der Waals surface area contributed by atoms with Crippen molar-refractivity contribution < 1.29 is 51.4 Å². The van der Waals surface area contributed by atoms with E-state index in [-0.39, 0.29) is 24.8 Å². The zero-order valence-corrected chi connectivity index (χ0v) is 16.1. The maximum Gasteiger partial charge on any atom is -1.00 e. The van der Waals surface area contributed by atoms with Gasteiger partial charge >= 0.3 is 141 Å². The van der Waals surface area contributed by atoms with Gasteiger partial charge in [-0.1, -0.05) is 0 Å². The summed E-state index contributed by atoms with van der Waals surface area (Å²) >= 11 is 22.5. The molecule has 0 saturated heterocycles. The van der Waals surface area contributed by atoms with Crippen LogP contribution in [0.25, 0.3) is 0 Å². The fourth-order valence-corrected chi connectivity index (χ4v) is 3.43. The van der Waals surface area contributed by atoms with Gasteiger partial charge in [0, 0.05) is 0 Å². The summed E-state index contributed by atoms with van der Waals surface area (Å²) in [6.07, 6.45) is 0. The molecule has 0 saturated carbocycles. The minimum Gasteiger partial charge on any atom is -1.00 e. The van der Waals surface area contributed by atoms with E-state index in [1.54, 1.807) is 36.4 Å². The van der Waals surface area contributed by atoms with Crippen LogP contribution in [0.15, 0.2) is 36.4 Å². The molecule has 0 aliphatic heterocycles. The Labute approximate surface area is 164 Å². The summed E-state index contributed by atoms with van der Waals surface area (Å²) in [5.41, 5.74) is 0. The molecule has 112 valence electrons. The molecule has 0 amide bonds. The summed E-state index contributed by atoms with van der Waals surface area (Å²) in [4.78, 5) is 0. The molecule has 2 aromatic rings. The third kappa shape index (κ3) is 6.25. The average molecular weight is 443 g/mol. The van der Waals surface area contributed by atoms with Gasteiger partial charge in [0.2, 0.25) is 0 Å². The van der Waals surface area contributed by atoms with Gasteiger partial charge in [0.25, 0.3) is 0 Å². The molecular formula is C12H6Cl6O2Ti. The molecule has 0 bridgehead atoms.